The maximum absolute atomic E-state index is 9.62. The maximum Gasteiger partial charge on any atom is 0.170 e. The van der Waals surface area contributed by atoms with Crippen molar-refractivity contribution in [3.8, 4) is 11.8 Å². The lowest BCUT2D eigenvalue weighted by Crippen LogP contribution is -2.15. The highest BCUT2D eigenvalue weighted by molar-refractivity contribution is 5.35. The third kappa shape index (κ3) is 2.33. The second-order valence-electron chi connectivity index (χ2n) is 3.58. The smallest absolute Gasteiger partial charge is 0.170 e. The summed E-state index contributed by atoms with van der Waals surface area (Å²) < 4.78 is 1.82. The molecule has 0 saturated carbocycles. The molecule has 0 amide bonds. The average Bonchev–Trinajstić information content (AvgIpc) is 2.91. The fraction of sp³-hybridized carbons (Fsp3) is 0.167. The third-order valence-corrected chi connectivity index (χ3v) is 2.47. The highest BCUT2D eigenvalue weighted by Gasteiger charge is 2.17. The number of aliphatic hydroxyl groups is 2. The van der Waals surface area contributed by atoms with E-state index in [-0.39, 0.29) is 0 Å². The molecule has 0 aliphatic carbocycles. The van der Waals surface area contributed by atoms with Crippen LogP contribution in [0.2, 0.25) is 0 Å². The first kappa shape index (κ1) is 11.3. The molecule has 1 aromatic heterocycles. The molecular formula is C12H11N3O2. The number of hydrogen-bond donors (Lipinski definition) is 2. The van der Waals surface area contributed by atoms with E-state index in [1.165, 1.54) is 0 Å². The van der Waals surface area contributed by atoms with Crippen molar-refractivity contribution in [3.63, 3.8) is 0 Å². The number of hydrogen-bond acceptors (Lipinski definition) is 4. The Morgan fingerprint density at radius 2 is 1.94 bits per heavy atom. The van der Waals surface area contributed by atoms with E-state index in [9.17, 15) is 10.2 Å². The lowest BCUT2D eigenvalue weighted by Gasteiger charge is -2.12. The summed E-state index contributed by atoms with van der Waals surface area (Å²) in [5.74, 6) is 0. The molecule has 2 aromatic rings. The Morgan fingerprint density at radius 1 is 1.24 bits per heavy atom. The molecule has 1 aromatic carbocycles. The molecule has 2 atom stereocenters. The quantitative estimate of drug-likeness (QED) is 0.762. The van der Waals surface area contributed by atoms with Crippen LogP contribution in [0.1, 0.15) is 11.7 Å². The topological polar surface area (TPSA) is 82.1 Å². The Bertz CT molecular complexity index is 514. The first-order valence-electron chi connectivity index (χ1n) is 5.06. The number of aromatic nitrogens is 2. The molecular weight excluding hydrogens is 218 g/mol. The highest BCUT2D eigenvalue weighted by Crippen LogP contribution is 2.18. The van der Waals surface area contributed by atoms with Gasteiger partial charge in [-0.1, -0.05) is 12.1 Å². The van der Waals surface area contributed by atoms with E-state index in [2.05, 4.69) is 4.98 Å². The van der Waals surface area contributed by atoms with Gasteiger partial charge in [0.25, 0.3) is 0 Å². The third-order valence-electron chi connectivity index (χ3n) is 2.47. The van der Waals surface area contributed by atoms with Gasteiger partial charge in [0.05, 0.1) is 12.4 Å². The molecule has 5 nitrogen and oxygen atoms in total. The van der Waals surface area contributed by atoms with Gasteiger partial charge in [-0.3, -0.25) is 0 Å². The normalized spacial score (nSPS) is 13.9. The van der Waals surface area contributed by atoms with Crippen molar-refractivity contribution in [1.29, 1.82) is 5.26 Å². The zero-order valence-electron chi connectivity index (χ0n) is 8.93. The monoisotopic (exact) mass is 229 g/mol. The molecule has 0 radical (unpaired) electrons. The standard InChI is InChI=1S/C12H11N3O2/c13-7-11(16)12(17)9-1-3-10(4-2-9)15-6-5-14-8-15/h1-6,8,11-12,16-17H. The molecule has 0 bridgehead atoms. The van der Waals surface area contributed by atoms with Crippen molar-refractivity contribution in [2.45, 2.75) is 12.2 Å². The summed E-state index contributed by atoms with van der Waals surface area (Å²) in [6, 6.07) is 8.49. The SMILES string of the molecule is N#CC(O)C(O)c1ccc(-n2ccnc2)cc1. The van der Waals surface area contributed by atoms with E-state index < -0.39 is 12.2 Å². The number of rotatable bonds is 3. The van der Waals surface area contributed by atoms with E-state index in [0.29, 0.717) is 5.56 Å². The number of benzene rings is 1. The largest absolute Gasteiger partial charge is 0.385 e. The fourth-order valence-corrected chi connectivity index (χ4v) is 1.51. The summed E-state index contributed by atoms with van der Waals surface area (Å²) in [6.07, 6.45) is 2.54. The summed E-state index contributed by atoms with van der Waals surface area (Å²) in [6.45, 7) is 0. The minimum Gasteiger partial charge on any atom is -0.385 e. The molecule has 0 fully saturated rings. The van der Waals surface area contributed by atoms with Crippen LogP contribution in [0.5, 0.6) is 0 Å². The van der Waals surface area contributed by atoms with E-state index in [1.807, 2.05) is 4.57 Å². The first-order valence-corrected chi connectivity index (χ1v) is 5.06. The predicted octanol–water partition coefficient (Wildman–Crippen LogP) is 0.790. The maximum atomic E-state index is 9.62. The van der Waals surface area contributed by atoms with E-state index >= 15 is 0 Å². The Morgan fingerprint density at radius 3 is 2.47 bits per heavy atom. The van der Waals surface area contributed by atoms with Crippen LogP contribution >= 0.6 is 0 Å². The minimum atomic E-state index is -1.41. The zero-order valence-corrected chi connectivity index (χ0v) is 8.93. The Kier molecular flexibility index (Phi) is 3.19. The van der Waals surface area contributed by atoms with Crippen molar-refractivity contribution < 1.29 is 10.2 Å². The van der Waals surface area contributed by atoms with Crippen molar-refractivity contribution in [2.75, 3.05) is 0 Å². The van der Waals surface area contributed by atoms with E-state index in [4.69, 9.17) is 5.26 Å². The summed E-state index contributed by atoms with van der Waals surface area (Å²) in [4.78, 5) is 3.93. The van der Waals surface area contributed by atoms with Gasteiger partial charge in [-0.15, -0.1) is 0 Å². The van der Waals surface area contributed by atoms with Crippen LogP contribution in [-0.4, -0.2) is 25.9 Å². The van der Waals surface area contributed by atoms with Crippen molar-refractivity contribution in [1.82, 2.24) is 9.55 Å². The van der Waals surface area contributed by atoms with Gasteiger partial charge in [0.1, 0.15) is 6.10 Å². The minimum absolute atomic E-state index is 0.503. The van der Waals surface area contributed by atoms with Gasteiger partial charge in [0.15, 0.2) is 6.10 Å². The molecule has 86 valence electrons. The van der Waals surface area contributed by atoms with Gasteiger partial charge in [-0.2, -0.15) is 5.26 Å². The van der Waals surface area contributed by atoms with Crippen LogP contribution in [0.3, 0.4) is 0 Å². The Balaban J connectivity index is 2.22. The molecule has 0 saturated heterocycles. The van der Waals surface area contributed by atoms with Gasteiger partial charge in [-0.05, 0) is 17.7 Å². The van der Waals surface area contributed by atoms with Gasteiger partial charge in [0, 0.05) is 18.1 Å². The summed E-state index contributed by atoms with van der Waals surface area (Å²) in [5.41, 5.74) is 1.40. The van der Waals surface area contributed by atoms with E-state index in [0.717, 1.165) is 5.69 Å². The molecule has 2 rings (SSSR count). The first-order chi connectivity index (χ1) is 8.22. The molecule has 17 heavy (non-hydrogen) atoms. The van der Waals surface area contributed by atoms with E-state index in [1.54, 1.807) is 49.1 Å². The van der Waals surface area contributed by atoms with Crippen LogP contribution in [0.15, 0.2) is 43.0 Å². The fourth-order valence-electron chi connectivity index (χ4n) is 1.51. The van der Waals surface area contributed by atoms with Gasteiger partial charge in [-0.25, -0.2) is 4.98 Å². The van der Waals surface area contributed by atoms with Crippen molar-refractivity contribution >= 4 is 0 Å². The number of nitriles is 1. The van der Waals surface area contributed by atoms with Crippen molar-refractivity contribution in [2.24, 2.45) is 0 Å². The molecule has 2 unspecified atom stereocenters. The van der Waals surface area contributed by atoms with Gasteiger partial charge >= 0.3 is 0 Å². The number of aliphatic hydroxyl groups excluding tert-OH is 2. The summed E-state index contributed by atoms with van der Waals surface area (Å²) >= 11 is 0. The van der Waals surface area contributed by atoms with Gasteiger partial charge < -0.3 is 14.8 Å². The summed E-state index contributed by atoms with van der Waals surface area (Å²) in [5, 5.41) is 27.3. The number of nitrogens with zero attached hydrogens (tertiary/aromatic N) is 3. The molecule has 0 aliphatic rings. The second kappa shape index (κ2) is 4.78. The molecule has 2 N–H and O–H groups in total. The van der Waals surface area contributed by atoms with Crippen LogP contribution < -0.4 is 0 Å². The van der Waals surface area contributed by atoms with Crippen LogP contribution in [0, 0.1) is 11.3 Å². The van der Waals surface area contributed by atoms with Gasteiger partial charge in [0.2, 0.25) is 0 Å². The molecule has 1 heterocycles. The Labute approximate surface area is 98.2 Å². The highest BCUT2D eigenvalue weighted by atomic mass is 16.3. The van der Waals surface area contributed by atoms with Crippen LogP contribution in [0.4, 0.5) is 0 Å². The number of imidazole rings is 1. The Hall–Kier alpha value is -2.16. The van der Waals surface area contributed by atoms with Crippen molar-refractivity contribution in [3.05, 3.63) is 48.5 Å². The zero-order chi connectivity index (χ0) is 12.3. The van der Waals surface area contributed by atoms with Crippen LogP contribution in [-0.2, 0) is 0 Å². The lowest BCUT2D eigenvalue weighted by atomic mass is 10.1. The van der Waals surface area contributed by atoms with Crippen LogP contribution in [0.25, 0.3) is 5.69 Å². The molecule has 0 aliphatic heterocycles. The average molecular weight is 229 g/mol. The molecule has 0 spiro atoms. The summed E-state index contributed by atoms with van der Waals surface area (Å²) in [7, 11) is 0. The predicted molar refractivity (Wildman–Crippen MR) is 60.1 cm³/mol. The second-order valence-corrected chi connectivity index (χ2v) is 3.58. The lowest BCUT2D eigenvalue weighted by molar-refractivity contribution is 0.0528. The molecule has 5 heteroatoms.